The summed E-state index contributed by atoms with van der Waals surface area (Å²) >= 11 is 0. The van der Waals surface area contributed by atoms with Gasteiger partial charge in [0.05, 0.1) is 11.3 Å². The molecule has 0 aliphatic heterocycles. The van der Waals surface area contributed by atoms with Gasteiger partial charge in [-0.2, -0.15) is 0 Å². The van der Waals surface area contributed by atoms with Crippen LogP contribution in [0.1, 0.15) is 29.3 Å². The van der Waals surface area contributed by atoms with E-state index in [2.05, 4.69) is 15.6 Å². The molecule has 0 spiro atoms. The number of hydrazine groups is 1. The van der Waals surface area contributed by atoms with Gasteiger partial charge in [0.25, 0.3) is 5.91 Å². The van der Waals surface area contributed by atoms with Crippen LogP contribution in [-0.4, -0.2) is 37.5 Å². The Morgan fingerprint density at radius 3 is 2.68 bits per heavy atom. The lowest BCUT2D eigenvalue weighted by atomic mass is 10.1. The Balaban J connectivity index is 2.67. The highest BCUT2D eigenvalue weighted by Crippen LogP contribution is 2.16. The van der Waals surface area contributed by atoms with Crippen molar-refractivity contribution in [3.05, 3.63) is 29.3 Å². The normalized spacial score (nSPS) is 12.3. The molecule has 0 bridgehead atoms. The molecule has 5 nitrogen and oxygen atoms in total. The molecule has 4 N–H and O–H groups in total. The molecule has 106 valence electrons. The van der Waals surface area contributed by atoms with E-state index in [9.17, 15) is 4.79 Å². The van der Waals surface area contributed by atoms with Gasteiger partial charge in [-0.05, 0) is 58.6 Å². The van der Waals surface area contributed by atoms with Crippen LogP contribution in [0.4, 0.5) is 5.69 Å². The summed E-state index contributed by atoms with van der Waals surface area (Å²) in [7, 11) is 4.04. The van der Waals surface area contributed by atoms with E-state index in [0.29, 0.717) is 11.3 Å². The van der Waals surface area contributed by atoms with Crippen LogP contribution in [0.15, 0.2) is 18.2 Å². The molecule has 1 rings (SSSR count). The van der Waals surface area contributed by atoms with Crippen molar-refractivity contribution < 1.29 is 4.79 Å². The molecule has 1 amide bonds. The molecule has 0 heterocycles. The van der Waals surface area contributed by atoms with Crippen molar-refractivity contribution in [1.82, 2.24) is 10.2 Å². The van der Waals surface area contributed by atoms with Crippen LogP contribution in [0.2, 0.25) is 0 Å². The maximum absolute atomic E-state index is 12.2. The van der Waals surface area contributed by atoms with Gasteiger partial charge in [0, 0.05) is 6.04 Å². The van der Waals surface area contributed by atoms with Crippen LogP contribution in [0.25, 0.3) is 0 Å². The number of anilines is 1. The average molecular weight is 264 g/mol. The van der Waals surface area contributed by atoms with E-state index in [1.807, 2.05) is 40.1 Å². The first-order valence-corrected chi connectivity index (χ1v) is 6.47. The molecule has 19 heavy (non-hydrogen) atoms. The van der Waals surface area contributed by atoms with E-state index >= 15 is 0 Å². The fourth-order valence-corrected chi connectivity index (χ4v) is 1.80. The summed E-state index contributed by atoms with van der Waals surface area (Å²) in [5.41, 5.74) is 4.86. The zero-order valence-corrected chi connectivity index (χ0v) is 12.2. The number of aryl methyl sites for hydroxylation is 1. The zero-order valence-electron chi connectivity index (χ0n) is 12.2. The minimum absolute atomic E-state index is 0.0980. The molecule has 0 aliphatic rings. The summed E-state index contributed by atoms with van der Waals surface area (Å²) in [6.45, 7) is 4.91. The second-order valence-corrected chi connectivity index (χ2v) is 5.16. The highest BCUT2D eigenvalue weighted by atomic mass is 16.1. The third-order valence-corrected chi connectivity index (χ3v) is 2.96. The summed E-state index contributed by atoms with van der Waals surface area (Å²) in [6, 6.07) is 5.68. The molecule has 0 saturated carbocycles. The van der Waals surface area contributed by atoms with Gasteiger partial charge in [-0.15, -0.1) is 0 Å². The minimum atomic E-state index is -0.0980. The molecule has 0 fully saturated rings. The van der Waals surface area contributed by atoms with Crippen LogP contribution < -0.4 is 16.6 Å². The molecule has 1 atom stereocenters. The quantitative estimate of drug-likeness (QED) is 0.536. The van der Waals surface area contributed by atoms with Crippen molar-refractivity contribution in [2.45, 2.75) is 26.3 Å². The molecule has 0 radical (unpaired) electrons. The molecular weight excluding hydrogens is 240 g/mol. The predicted molar refractivity (Wildman–Crippen MR) is 79.1 cm³/mol. The number of nitrogen functional groups attached to an aromatic ring is 1. The highest BCUT2D eigenvalue weighted by molar-refractivity contribution is 5.99. The van der Waals surface area contributed by atoms with Gasteiger partial charge in [-0.25, -0.2) is 0 Å². The predicted octanol–water partition coefficient (Wildman–Crippen LogP) is 1.35. The van der Waals surface area contributed by atoms with Crippen molar-refractivity contribution in [1.29, 1.82) is 0 Å². The standard InChI is InChI=1S/C14H24N4O/c1-10-5-6-12(13(9-10)17-15)14(19)16-11(2)7-8-18(3)4/h5-6,9,11,17H,7-8,15H2,1-4H3,(H,16,19). The number of hydrogen-bond acceptors (Lipinski definition) is 4. The van der Waals surface area contributed by atoms with E-state index < -0.39 is 0 Å². The van der Waals surface area contributed by atoms with Crippen molar-refractivity contribution in [2.24, 2.45) is 5.84 Å². The summed E-state index contributed by atoms with van der Waals surface area (Å²) in [4.78, 5) is 14.3. The van der Waals surface area contributed by atoms with Gasteiger partial charge in [0.1, 0.15) is 0 Å². The number of benzene rings is 1. The summed E-state index contributed by atoms with van der Waals surface area (Å²) < 4.78 is 0. The second kappa shape index (κ2) is 7.11. The maximum Gasteiger partial charge on any atom is 0.253 e. The fourth-order valence-electron chi connectivity index (χ4n) is 1.80. The van der Waals surface area contributed by atoms with Crippen LogP contribution in [0, 0.1) is 6.92 Å². The van der Waals surface area contributed by atoms with Gasteiger partial charge >= 0.3 is 0 Å². The van der Waals surface area contributed by atoms with Crippen LogP contribution in [0.5, 0.6) is 0 Å². The van der Waals surface area contributed by atoms with Gasteiger partial charge < -0.3 is 15.6 Å². The van der Waals surface area contributed by atoms with E-state index in [4.69, 9.17) is 5.84 Å². The third-order valence-electron chi connectivity index (χ3n) is 2.96. The Morgan fingerprint density at radius 1 is 1.42 bits per heavy atom. The zero-order chi connectivity index (χ0) is 14.4. The van der Waals surface area contributed by atoms with E-state index in [1.165, 1.54) is 0 Å². The van der Waals surface area contributed by atoms with Crippen LogP contribution >= 0.6 is 0 Å². The van der Waals surface area contributed by atoms with Crippen molar-refractivity contribution in [3.63, 3.8) is 0 Å². The van der Waals surface area contributed by atoms with E-state index in [0.717, 1.165) is 18.5 Å². The average Bonchev–Trinajstić information content (AvgIpc) is 2.35. The first kappa shape index (κ1) is 15.5. The summed E-state index contributed by atoms with van der Waals surface area (Å²) in [5, 5.41) is 2.98. The SMILES string of the molecule is Cc1ccc(C(=O)NC(C)CCN(C)C)c(NN)c1. The monoisotopic (exact) mass is 264 g/mol. The molecule has 1 aromatic carbocycles. The molecule has 0 aromatic heterocycles. The lowest BCUT2D eigenvalue weighted by Crippen LogP contribution is -2.35. The number of rotatable bonds is 6. The first-order chi connectivity index (χ1) is 8.93. The highest BCUT2D eigenvalue weighted by Gasteiger charge is 2.13. The largest absolute Gasteiger partial charge is 0.349 e. The maximum atomic E-state index is 12.2. The van der Waals surface area contributed by atoms with Crippen molar-refractivity contribution in [2.75, 3.05) is 26.1 Å². The van der Waals surface area contributed by atoms with Crippen LogP contribution in [-0.2, 0) is 0 Å². The number of nitrogens with zero attached hydrogens (tertiary/aromatic N) is 1. The Morgan fingerprint density at radius 2 is 2.11 bits per heavy atom. The summed E-state index contributed by atoms with van der Waals surface area (Å²) in [5.74, 6) is 5.35. The topological polar surface area (TPSA) is 70.4 Å². The smallest absolute Gasteiger partial charge is 0.253 e. The number of hydrogen-bond donors (Lipinski definition) is 3. The third kappa shape index (κ3) is 4.89. The van der Waals surface area contributed by atoms with Gasteiger partial charge in [0.2, 0.25) is 0 Å². The molecule has 0 saturated heterocycles. The second-order valence-electron chi connectivity index (χ2n) is 5.16. The van der Waals surface area contributed by atoms with Crippen molar-refractivity contribution >= 4 is 11.6 Å². The van der Waals surface area contributed by atoms with Gasteiger partial charge in [-0.1, -0.05) is 6.07 Å². The Hall–Kier alpha value is -1.59. The fraction of sp³-hybridized carbons (Fsp3) is 0.500. The van der Waals surface area contributed by atoms with Crippen LogP contribution in [0.3, 0.4) is 0 Å². The first-order valence-electron chi connectivity index (χ1n) is 6.47. The minimum Gasteiger partial charge on any atom is -0.349 e. The lowest BCUT2D eigenvalue weighted by Gasteiger charge is -2.18. The Labute approximate surface area is 115 Å². The van der Waals surface area contributed by atoms with Gasteiger partial charge in [0.15, 0.2) is 0 Å². The molecular formula is C14H24N4O. The number of amides is 1. The summed E-state index contributed by atoms with van der Waals surface area (Å²) in [6.07, 6.45) is 0.913. The molecule has 1 aromatic rings. The van der Waals surface area contributed by atoms with E-state index in [1.54, 1.807) is 6.07 Å². The van der Waals surface area contributed by atoms with Gasteiger partial charge in [-0.3, -0.25) is 10.6 Å². The number of nitrogens with two attached hydrogens (primary N) is 1. The molecule has 5 heteroatoms. The number of nitrogens with one attached hydrogen (secondary N) is 2. The molecule has 1 unspecified atom stereocenters. The molecule has 0 aliphatic carbocycles. The number of carbonyl (C=O) groups is 1. The Bertz CT molecular complexity index is 431. The van der Waals surface area contributed by atoms with E-state index in [-0.39, 0.29) is 11.9 Å². The van der Waals surface area contributed by atoms with Crippen molar-refractivity contribution in [3.8, 4) is 0 Å². The Kier molecular flexibility index (Phi) is 5.79. The number of carbonyl (C=O) groups excluding carboxylic acids is 1. The lowest BCUT2D eigenvalue weighted by molar-refractivity contribution is 0.0937.